The molecule has 0 aliphatic carbocycles. The van der Waals surface area contributed by atoms with Crippen LogP contribution in [0.1, 0.15) is 25.9 Å². The summed E-state index contributed by atoms with van der Waals surface area (Å²) in [6.45, 7) is 1.90. The molecule has 2 heterocycles. The fourth-order valence-corrected chi connectivity index (χ4v) is 3.52. The molecular weight excluding hydrogens is 318 g/mol. The molecule has 1 aromatic carbocycles. The highest BCUT2D eigenvalue weighted by molar-refractivity contribution is 7.13. The summed E-state index contributed by atoms with van der Waals surface area (Å²) in [7, 11) is 1.80. The molecule has 122 valence electrons. The minimum Gasteiger partial charge on any atom is -0.311 e. The molecule has 4 nitrogen and oxygen atoms in total. The molecule has 24 heavy (non-hydrogen) atoms. The van der Waals surface area contributed by atoms with Crippen LogP contribution in [0.25, 0.3) is 0 Å². The lowest BCUT2D eigenvalue weighted by Gasteiger charge is -2.16. The van der Waals surface area contributed by atoms with Crippen molar-refractivity contribution in [3.8, 4) is 0 Å². The van der Waals surface area contributed by atoms with Crippen LogP contribution in [0.4, 0.5) is 5.69 Å². The summed E-state index contributed by atoms with van der Waals surface area (Å²) < 4.78 is 0. The van der Waals surface area contributed by atoms with Gasteiger partial charge in [0.25, 0.3) is 5.91 Å². The number of aryl methyl sites for hydroxylation is 3. The monoisotopic (exact) mass is 337 g/mol. The molecule has 0 aliphatic rings. The van der Waals surface area contributed by atoms with Gasteiger partial charge in [0, 0.05) is 31.5 Å². The Morgan fingerprint density at radius 2 is 1.79 bits per heavy atom. The Kier molecular flexibility index (Phi) is 5.01. The van der Waals surface area contributed by atoms with Crippen molar-refractivity contribution in [1.82, 2.24) is 9.97 Å². The molecule has 0 spiro atoms. The maximum atomic E-state index is 12.7. The Morgan fingerprint density at radius 1 is 1.08 bits per heavy atom. The van der Waals surface area contributed by atoms with Gasteiger partial charge in [0.1, 0.15) is 4.88 Å². The van der Waals surface area contributed by atoms with Gasteiger partial charge in [-0.2, -0.15) is 0 Å². The molecule has 0 saturated heterocycles. The molecule has 0 aliphatic heterocycles. The number of anilines is 1. The van der Waals surface area contributed by atoms with E-state index in [0.29, 0.717) is 4.88 Å². The molecule has 1 amide bonds. The zero-order valence-corrected chi connectivity index (χ0v) is 14.6. The van der Waals surface area contributed by atoms with Crippen LogP contribution < -0.4 is 4.90 Å². The van der Waals surface area contributed by atoms with E-state index in [9.17, 15) is 4.79 Å². The second kappa shape index (κ2) is 7.36. The molecule has 0 atom stereocenters. The zero-order valence-electron chi connectivity index (χ0n) is 13.8. The van der Waals surface area contributed by atoms with Crippen molar-refractivity contribution >= 4 is 22.9 Å². The summed E-state index contributed by atoms with van der Waals surface area (Å²) in [5, 5.41) is 0.995. The van der Waals surface area contributed by atoms with Crippen LogP contribution in [-0.4, -0.2) is 22.9 Å². The Bertz CT molecular complexity index is 815. The number of thiazole rings is 1. The number of nitrogens with zero attached hydrogens (tertiary/aromatic N) is 3. The van der Waals surface area contributed by atoms with E-state index in [1.807, 2.05) is 49.4 Å². The van der Waals surface area contributed by atoms with Gasteiger partial charge in [0.05, 0.1) is 10.7 Å². The third-order valence-corrected chi connectivity index (χ3v) is 5.07. The molecular formula is C19H19N3OS. The Balaban J connectivity index is 1.72. The van der Waals surface area contributed by atoms with Gasteiger partial charge in [-0.05, 0) is 43.2 Å². The predicted molar refractivity (Wildman–Crippen MR) is 97.7 cm³/mol. The number of carbonyl (C=O) groups is 1. The van der Waals surface area contributed by atoms with Crippen LogP contribution in [0.2, 0.25) is 0 Å². The lowest BCUT2D eigenvalue weighted by Crippen LogP contribution is -2.25. The average molecular weight is 337 g/mol. The van der Waals surface area contributed by atoms with Crippen molar-refractivity contribution in [2.75, 3.05) is 11.9 Å². The zero-order chi connectivity index (χ0) is 16.9. The van der Waals surface area contributed by atoms with E-state index in [1.54, 1.807) is 24.3 Å². The smallest absolute Gasteiger partial charge is 0.270 e. The van der Waals surface area contributed by atoms with E-state index in [-0.39, 0.29) is 5.91 Å². The van der Waals surface area contributed by atoms with Crippen molar-refractivity contribution in [1.29, 1.82) is 0 Å². The fourth-order valence-electron chi connectivity index (χ4n) is 2.48. The molecule has 0 bridgehead atoms. The van der Waals surface area contributed by atoms with Crippen LogP contribution >= 0.6 is 11.3 Å². The van der Waals surface area contributed by atoms with E-state index >= 15 is 0 Å². The predicted octanol–water partition coefficient (Wildman–Crippen LogP) is 3.91. The summed E-state index contributed by atoms with van der Waals surface area (Å²) in [5.41, 5.74) is 2.92. The first kappa shape index (κ1) is 16.3. The highest BCUT2D eigenvalue weighted by Crippen LogP contribution is 2.23. The first-order valence-corrected chi connectivity index (χ1v) is 8.65. The maximum absolute atomic E-state index is 12.7. The molecule has 2 aromatic heterocycles. The molecule has 5 heteroatoms. The number of pyridine rings is 1. The van der Waals surface area contributed by atoms with Crippen LogP contribution in [0, 0.1) is 6.92 Å². The first-order chi connectivity index (χ1) is 11.6. The fraction of sp³-hybridized carbons (Fsp3) is 0.211. The van der Waals surface area contributed by atoms with Gasteiger partial charge in [-0.15, -0.1) is 11.3 Å². The summed E-state index contributed by atoms with van der Waals surface area (Å²) >= 11 is 1.49. The largest absolute Gasteiger partial charge is 0.311 e. The van der Waals surface area contributed by atoms with Crippen molar-refractivity contribution in [3.05, 3.63) is 76.0 Å². The van der Waals surface area contributed by atoms with Crippen molar-refractivity contribution in [2.45, 2.75) is 19.8 Å². The summed E-state index contributed by atoms with van der Waals surface area (Å²) in [6, 6.07) is 13.7. The van der Waals surface area contributed by atoms with Gasteiger partial charge >= 0.3 is 0 Å². The number of rotatable bonds is 5. The van der Waals surface area contributed by atoms with Crippen LogP contribution in [-0.2, 0) is 12.8 Å². The van der Waals surface area contributed by atoms with Crippen molar-refractivity contribution < 1.29 is 4.79 Å². The van der Waals surface area contributed by atoms with Gasteiger partial charge in [0.15, 0.2) is 0 Å². The highest BCUT2D eigenvalue weighted by atomic mass is 32.1. The second-order valence-corrected chi connectivity index (χ2v) is 6.66. The van der Waals surface area contributed by atoms with Crippen molar-refractivity contribution in [3.63, 3.8) is 0 Å². The molecule has 0 unspecified atom stereocenters. The number of hydrogen-bond donors (Lipinski definition) is 0. The van der Waals surface area contributed by atoms with Crippen LogP contribution in [0.3, 0.4) is 0 Å². The molecule has 0 saturated carbocycles. The number of carbonyl (C=O) groups excluding carboxylic acids is 1. The van der Waals surface area contributed by atoms with Crippen LogP contribution in [0.15, 0.2) is 54.9 Å². The van der Waals surface area contributed by atoms with E-state index in [0.717, 1.165) is 29.2 Å². The standard InChI is InChI=1S/C19H19N3OS/c1-14-18(19(23)22(2)16-6-4-3-5-7-16)24-17(21-14)9-8-15-10-12-20-13-11-15/h3-7,10-13H,8-9H2,1-2H3. The molecule has 0 N–H and O–H groups in total. The van der Waals surface area contributed by atoms with Crippen molar-refractivity contribution in [2.24, 2.45) is 0 Å². The number of amides is 1. The van der Waals surface area contributed by atoms with Gasteiger partial charge in [0.2, 0.25) is 0 Å². The normalized spacial score (nSPS) is 10.6. The average Bonchev–Trinajstić information content (AvgIpc) is 3.01. The third kappa shape index (κ3) is 3.68. The highest BCUT2D eigenvalue weighted by Gasteiger charge is 2.19. The van der Waals surface area contributed by atoms with E-state index < -0.39 is 0 Å². The Hall–Kier alpha value is -2.53. The minimum atomic E-state index is -0.00800. The number of para-hydroxylation sites is 1. The number of hydrogen-bond acceptors (Lipinski definition) is 4. The lowest BCUT2D eigenvalue weighted by molar-refractivity contribution is 0.0996. The van der Waals surface area contributed by atoms with Gasteiger partial charge < -0.3 is 4.90 Å². The summed E-state index contributed by atoms with van der Waals surface area (Å²) in [4.78, 5) is 23.7. The van der Waals surface area contributed by atoms with Crippen LogP contribution in [0.5, 0.6) is 0 Å². The molecule has 0 fully saturated rings. The van der Waals surface area contributed by atoms with Gasteiger partial charge in [-0.3, -0.25) is 9.78 Å². The number of aromatic nitrogens is 2. The quantitative estimate of drug-likeness (QED) is 0.709. The molecule has 3 rings (SSSR count). The first-order valence-electron chi connectivity index (χ1n) is 7.83. The minimum absolute atomic E-state index is 0.00800. The topological polar surface area (TPSA) is 46.1 Å². The van der Waals surface area contributed by atoms with E-state index in [1.165, 1.54) is 16.9 Å². The number of benzene rings is 1. The van der Waals surface area contributed by atoms with E-state index in [4.69, 9.17) is 0 Å². The molecule has 0 radical (unpaired) electrons. The SMILES string of the molecule is Cc1nc(CCc2ccncc2)sc1C(=O)N(C)c1ccccc1. The summed E-state index contributed by atoms with van der Waals surface area (Å²) in [5.74, 6) is -0.00800. The molecule has 3 aromatic rings. The Labute approximate surface area is 145 Å². The Morgan fingerprint density at radius 3 is 2.50 bits per heavy atom. The van der Waals surface area contributed by atoms with E-state index in [2.05, 4.69) is 9.97 Å². The van der Waals surface area contributed by atoms with Gasteiger partial charge in [-0.1, -0.05) is 18.2 Å². The summed E-state index contributed by atoms with van der Waals surface area (Å²) in [6.07, 6.45) is 5.33. The third-order valence-electron chi connectivity index (χ3n) is 3.86. The van der Waals surface area contributed by atoms with Gasteiger partial charge in [-0.25, -0.2) is 4.98 Å². The lowest BCUT2D eigenvalue weighted by atomic mass is 10.1. The maximum Gasteiger partial charge on any atom is 0.270 e. The second-order valence-electron chi connectivity index (χ2n) is 5.58.